The highest BCUT2D eigenvalue weighted by Crippen LogP contribution is 2.09. The van der Waals surface area contributed by atoms with Crippen molar-refractivity contribution in [3.63, 3.8) is 0 Å². The highest BCUT2D eigenvalue weighted by molar-refractivity contribution is 7.91. The minimum atomic E-state index is -3.38. The monoisotopic (exact) mass is 258 g/mol. The smallest absolute Gasteiger partial charge is 0.364 e. The number of benzene rings is 1. The lowest BCUT2D eigenvalue weighted by atomic mass is 10.4. The third-order valence-electron chi connectivity index (χ3n) is 2.10. The van der Waals surface area contributed by atoms with Gasteiger partial charge in [-0.15, -0.1) is 0 Å². The third-order valence-corrected chi connectivity index (χ3v) is 3.80. The van der Waals surface area contributed by atoms with Crippen LogP contribution in [-0.2, 0) is 19.4 Å². The molecule has 1 rings (SSSR count). The number of hydrogen-bond acceptors (Lipinski definition) is 4. The van der Waals surface area contributed by atoms with Gasteiger partial charge in [0, 0.05) is 0 Å². The van der Waals surface area contributed by atoms with Crippen molar-refractivity contribution >= 4 is 15.8 Å². The van der Waals surface area contributed by atoms with Gasteiger partial charge in [0.1, 0.15) is 6.61 Å². The molecular weight excluding hydrogens is 242 g/mol. The van der Waals surface area contributed by atoms with Gasteiger partial charge in [0.2, 0.25) is 0 Å². The number of carbonyl (C=O) groups is 1. The lowest BCUT2D eigenvalue weighted by molar-refractivity contribution is -0.402. The van der Waals surface area contributed by atoms with Gasteiger partial charge in [0.05, 0.1) is 10.6 Å². The van der Waals surface area contributed by atoms with Gasteiger partial charge >= 0.3 is 5.97 Å². The molecule has 0 fully saturated rings. The third kappa shape index (κ3) is 4.16. The van der Waals surface area contributed by atoms with E-state index >= 15 is 0 Å². The maximum Gasteiger partial charge on any atom is 0.364 e. The zero-order valence-electron chi connectivity index (χ0n) is 9.63. The fourth-order valence-corrected chi connectivity index (χ4v) is 2.25. The standard InChI is InChI=1S/C11H15NO4S/c1-9(12)11(13)16-7-8-17(14,15)10-5-3-2-4-6-10/h2-6,9H,7-8,12H2,1H3/p+1/t9-/m0/s1. The molecule has 1 atom stereocenters. The van der Waals surface area contributed by atoms with Gasteiger partial charge in [-0.1, -0.05) is 18.2 Å². The topological polar surface area (TPSA) is 88.1 Å². The van der Waals surface area contributed by atoms with Gasteiger partial charge < -0.3 is 10.5 Å². The van der Waals surface area contributed by atoms with Crippen LogP contribution in [0.1, 0.15) is 6.92 Å². The molecule has 0 aliphatic carbocycles. The molecule has 0 spiro atoms. The van der Waals surface area contributed by atoms with Crippen molar-refractivity contribution < 1.29 is 23.7 Å². The summed E-state index contributed by atoms with van der Waals surface area (Å²) < 4.78 is 28.3. The Morgan fingerprint density at radius 1 is 1.35 bits per heavy atom. The Balaban J connectivity index is 2.55. The Kier molecular flexibility index (Phi) is 4.65. The fraction of sp³-hybridized carbons (Fsp3) is 0.364. The lowest BCUT2D eigenvalue weighted by Crippen LogP contribution is -2.63. The average molecular weight is 258 g/mol. The first-order valence-electron chi connectivity index (χ1n) is 5.21. The van der Waals surface area contributed by atoms with Gasteiger partial charge in [0.25, 0.3) is 0 Å². The van der Waals surface area contributed by atoms with Crippen molar-refractivity contribution in [1.82, 2.24) is 0 Å². The minimum Gasteiger partial charge on any atom is -0.460 e. The Morgan fingerprint density at radius 3 is 2.47 bits per heavy atom. The predicted molar refractivity (Wildman–Crippen MR) is 61.8 cm³/mol. The van der Waals surface area contributed by atoms with Crippen LogP contribution in [0.4, 0.5) is 0 Å². The SMILES string of the molecule is C[C@H]([NH3+])C(=O)OCCS(=O)(=O)c1ccccc1. The van der Waals surface area contributed by atoms with Crippen molar-refractivity contribution in [3.05, 3.63) is 30.3 Å². The minimum absolute atomic E-state index is 0.143. The number of hydrogen-bond donors (Lipinski definition) is 1. The first-order valence-corrected chi connectivity index (χ1v) is 6.86. The highest BCUT2D eigenvalue weighted by atomic mass is 32.2. The maximum atomic E-state index is 11.8. The molecule has 5 nitrogen and oxygen atoms in total. The molecule has 17 heavy (non-hydrogen) atoms. The number of esters is 1. The maximum absolute atomic E-state index is 11.8. The quantitative estimate of drug-likeness (QED) is 0.730. The van der Waals surface area contributed by atoms with Gasteiger partial charge in [-0.05, 0) is 19.1 Å². The summed E-state index contributed by atoms with van der Waals surface area (Å²) in [6.45, 7) is 1.45. The highest BCUT2D eigenvalue weighted by Gasteiger charge is 2.17. The molecule has 0 saturated carbocycles. The molecule has 0 aliphatic heterocycles. The van der Waals surface area contributed by atoms with Crippen LogP contribution in [0.15, 0.2) is 35.2 Å². The molecule has 94 valence electrons. The van der Waals surface area contributed by atoms with E-state index < -0.39 is 21.8 Å². The average Bonchev–Trinajstić information content (AvgIpc) is 2.29. The van der Waals surface area contributed by atoms with Crippen molar-refractivity contribution in [1.29, 1.82) is 0 Å². The van der Waals surface area contributed by atoms with Crippen LogP contribution < -0.4 is 5.73 Å². The van der Waals surface area contributed by atoms with E-state index in [0.717, 1.165) is 0 Å². The van der Waals surface area contributed by atoms with Crippen molar-refractivity contribution in [2.24, 2.45) is 0 Å². The van der Waals surface area contributed by atoms with Crippen molar-refractivity contribution in [3.8, 4) is 0 Å². The summed E-state index contributed by atoms with van der Waals surface area (Å²) in [7, 11) is -3.38. The number of rotatable bonds is 5. The largest absolute Gasteiger partial charge is 0.460 e. The molecule has 3 N–H and O–H groups in total. The zero-order valence-corrected chi connectivity index (χ0v) is 10.4. The van der Waals surface area contributed by atoms with E-state index in [-0.39, 0.29) is 17.3 Å². The summed E-state index contributed by atoms with van der Waals surface area (Å²) in [5.74, 6) is -0.705. The lowest BCUT2D eigenvalue weighted by Gasteiger charge is -2.06. The summed E-state index contributed by atoms with van der Waals surface area (Å²) >= 11 is 0. The van der Waals surface area contributed by atoms with Gasteiger partial charge in [-0.3, -0.25) is 0 Å². The summed E-state index contributed by atoms with van der Waals surface area (Å²) in [6.07, 6.45) is 0. The Labute approximate surface area is 100 Å². The second-order valence-electron chi connectivity index (χ2n) is 3.70. The van der Waals surface area contributed by atoms with Crippen LogP contribution in [0.3, 0.4) is 0 Å². The summed E-state index contributed by atoms with van der Waals surface area (Å²) in [6, 6.07) is 7.58. The Hall–Kier alpha value is -1.40. The molecule has 0 aromatic heterocycles. The van der Waals surface area contributed by atoms with E-state index in [9.17, 15) is 13.2 Å². The van der Waals surface area contributed by atoms with Gasteiger partial charge in [-0.25, -0.2) is 13.2 Å². The van der Waals surface area contributed by atoms with Crippen LogP contribution in [-0.4, -0.2) is 32.8 Å². The normalized spacial score (nSPS) is 13.1. The van der Waals surface area contributed by atoms with Crippen LogP contribution >= 0.6 is 0 Å². The first kappa shape index (κ1) is 13.7. The Morgan fingerprint density at radius 2 is 1.94 bits per heavy atom. The molecule has 1 aromatic carbocycles. The van der Waals surface area contributed by atoms with Crippen LogP contribution in [0, 0.1) is 0 Å². The van der Waals surface area contributed by atoms with Crippen molar-refractivity contribution in [2.75, 3.05) is 12.4 Å². The molecule has 0 aliphatic rings. The molecule has 0 radical (unpaired) electrons. The van der Waals surface area contributed by atoms with E-state index in [1.54, 1.807) is 25.1 Å². The van der Waals surface area contributed by atoms with E-state index in [2.05, 4.69) is 5.73 Å². The fourth-order valence-electron chi connectivity index (χ4n) is 1.14. The van der Waals surface area contributed by atoms with Crippen LogP contribution in [0.2, 0.25) is 0 Å². The molecule has 0 saturated heterocycles. The van der Waals surface area contributed by atoms with E-state index in [4.69, 9.17) is 4.74 Å². The molecule has 0 amide bonds. The van der Waals surface area contributed by atoms with E-state index in [1.807, 2.05) is 0 Å². The second kappa shape index (κ2) is 5.79. The van der Waals surface area contributed by atoms with E-state index in [0.29, 0.717) is 0 Å². The van der Waals surface area contributed by atoms with Crippen LogP contribution in [0.25, 0.3) is 0 Å². The number of ether oxygens (including phenoxy) is 1. The number of quaternary nitrogens is 1. The summed E-state index contributed by atoms with van der Waals surface area (Å²) in [5.41, 5.74) is 3.49. The second-order valence-corrected chi connectivity index (χ2v) is 5.81. The van der Waals surface area contributed by atoms with Crippen molar-refractivity contribution in [2.45, 2.75) is 17.9 Å². The molecule has 0 unspecified atom stereocenters. The summed E-state index contributed by atoms with van der Waals surface area (Å²) in [5, 5.41) is 0. The molecule has 0 bridgehead atoms. The molecule has 0 heterocycles. The van der Waals surface area contributed by atoms with Gasteiger partial charge in [-0.2, -0.15) is 0 Å². The zero-order chi connectivity index (χ0) is 12.9. The predicted octanol–water partition coefficient (Wildman–Crippen LogP) is -0.366. The van der Waals surface area contributed by atoms with Crippen LogP contribution in [0.5, 0.6) is 0 Å². The number of sulfone groups is 1. The van der Waals surface area contributed by atoms with Gasteiger partial charge in [0.15, 0.2) is 15.9 Å². The van der Waals surface area contributed by atoms with E-state index in [1.165, 1.54) is 12.1 Å². The Bertz CT molecular complexity index is 468. The molecule has 1 aromatic rings. The molecular formula is C11H16NO4S+. The first-order chi connectivity index (χ1) is 7.93. The molecule has 6 heteroatoms. The summed E-state index contributed by atoms with van der Waals surface area (Å²) in [4.78, 5) is 11.3. The number of carbonyl (C=O) groups excluding carboxylic acids is 1.